The van der Waals surface area contributed by atoms with Crippen LogP contribution < -0.4 is 10.1 Å². The van der Waals surface area contributed by atoms with E-state index in [1.165, 1.54) is 6.07 Å². The van der Waals surface area contributed by atoms with Gasteiger partial charge in [0.25, 0.3) is 5.91 Å². The highest BCUT2D eigenvalue weighted by Gasteiger charge is 2.27. The normalized spacial score (nSPS) is 11.0. The second-order valence-electron chi connectivity index (χ2n) is 6.93. The van der Waals surface area contributed by atoms with E-state index in [-0.39, 0.29) is 5.56 Å². The largest absolute Gasteiger partial charge is 0.494 e. The molecule has 4 rings (SSSR count). The lowest BCUT2D eigenvalue weighted by Crippen LogP contribution is -2.17. The van der Waals surface area contributed by atoms with Crippen molar-refractivity contribution in [1.82, 2.24) is 4.98 Å². The molecule has 0 aliphatic rings. The van der Waals surface area contributed by atoms with Crippen LogP contribution in [0.3, 0.4) is 0 Å². The van der Waals surface area contributed by atoms with E-state index in [2.05, 4.69) is 4.98 Å². The number of amides is 1. The summed E-state index contributed by atoms with van der Waals surface area (Å²) in [5.74, 6) is -11.3. The number of fused-ring (bicyclic) bond motifs is 1. The molecule has 0 unspecified atom stereocenters. The summed E-state index contributed by atoms with van der Waals surface area (Å²) in [6, 6.07) is 14.7. The number of hydrogen-bond donors (Lipinski definition) is 1. The molecule has 1 amide bonds. The van der Waals surface area contributed by atoms with Crippen molar-refractivity contribution in [1.29, 1.82) is 0 Å². The predicted octanol–water partition coefficient (Wildman–Crippen LogP) is 6.25. The van der Waals surface area contributed by atoms with Crippen molar-refractivity contribution < 1.29 is 31.5 Å². The van der Waals surface area contributed by atoms with Crippen molar-refractivity contribution in [3.05, 3.63) is 89.2 Å². The summed E-state index contributed by atoms with van der Waals surface area (Å²) >= 11 is 0. The number of carbonyl (C=O) groups excluding carboxylic acids is 1. The molecule has 1 N–H and O–H groups in total. The number of aromatic nitrogens is 1. The van der Waals surface area contributed by atoms with Gasteiger partial charge in [0.2, 0.25) is 5.82 Å². The Morgan fingerprint density at radius 2 is 1.48 bits per heavy atom. The van der Waals surface area contributed by atoms with Gasteiger partial charge in [-0.25, -0.2) is 26.9 Å². The van der Waals surface area contributed by atoms with E-state index >= 15 is 0 Å². The van der Waals surface area contributed by atoms with Crippen LogP contribution in [0.15, 0.2) is 54.6 Å². The van der Waals surface area contributed by atoms with Crippen molar-refractivity contribution in [2.45, 2.75) is 6.92 Å². The van der Waals surface area contributed by atoms with Crippen molar-refractivity contribution in [2.75, 3.05) is 11.9 Å². The third kappa shape index (κ3) is 4.09. The van der Waals surface area contributed by atoms with Crippen LogP contribution in [0.2, 0.25) is 0 Å². The van der Waals surface area contributed by atoms with Gasteiger partial charge < -0.3 is 10.1 Å². The minimum absolute atomic E-state index is 0.0616. The number of rotatable bonds is 5. The van der Waals surface area contributed by atoms with E-state index in [0.29, 0.717) is 34.5 Å². The number of nitrogens with zero attached hydrogens (tertiary/aromatic N) is 1. The number of pyridine rings is 1. The summed E-state index contributed by atoms with van der Waals surface area (Å²) < 4.78 is 74.0. The first-order valence-electron chi connectivity index (χ1n) is 9.77. The maximum Gasteiger partial charge on any atom is 0.256 e. The molecule has 0 radical (unpaired) electrons. The Morgan fingerprint density at radius 1 is 0.879 bits per heavy atom. The van der Waals surface area contributed by atoms with E-state index in [0.717, 1.165) is 0 Å². The van der Waals surface area contributed by atoms with E-state index < -0.39 is 40.7 Å². The van der Waals surface area contributed by atoms with E-state index in [9.17, 15) is 26.7 Å². The predicted molar refractivity (Wildman–Crippen MR) is 113 cm³/mol. The molecular weight excluding hydrogens is 443 g/mol. The molecule has 0 fully saturated rings. The lowest BCUT2D eigenvalue weighted by atomic mass is 10.0. The molecule has 168 valence electrons. The number of ether oxygens (including phenoxy) is 1. The molecule has 3 aromatic carbocycles. The zero-order valence-electron chi connectivity index (χ0n) is 17.1. The van der Waals surface area contributed by atoms with E-state index in [1.807, 2.05) is 12.2 Å². The monoisotopic (exact) mass is 458 g/mol. The van der Waals surface area contributed by atoms with Crippen LogP contribution in [-0.4, -0.2) is 17.5 Å². The molecule has 0 atom stereocenters. The third-order valence-corrected chi connectivity index (χ3v) is 4.87. The smallest absolute Gasteiger partial charge is 0.256 e. The van der Waals surface area contributed by atoms with Crippen molar-refractivity contribution >= 4 is 22.5 Å². The van der Waals surface area contributed by atoms with Gasteiger partial charge in [-0.05, 0) is 43.3 Å². The van der Waals surface area contributed by atoms with Gasteiger partial charge in [-0.15, -0.1) is 0 Å². The summed E-state index contributed by atoms with van der Waals surface area (Å²) in [6.07, 6.45) is 0. The van der Waals surface area contributed by atoms with Crippen LogP contribution in [-0.2, 0) is 0 Å². The second kappa shape index (κ2) is 8.85. The Kier molecular flexibility index (Phi) is 5.95. The standard InChI is InChI=1S/C24H15F5N2O2/c1-2-33-13-9-7-12(8-10-13)17-11-15(14-5-3-4-6-16(14)30-17)24(32)31-23-21(28)19(26)18(25)20(27)22(23)29/h3-11H,2H2,1H3,(H,31,32). The number of benzene rings is 3. The van der Waals surface area contributed by atoms with Gasteiger partial charge in [0.05, 0.1) is 23.4 Å². The van der Waals surface area contributed by atoms with Crippen LogP contribution in [0.1, 0.15) is 17.3 Å². The SMILES string of the molecule is CCOc1ccc(-c2cc(C(=O)Nc3c(F)c(F)c(F)c(F)c3F)c3ccccc3n2)cc1. The Morgan fingerprint density at radius 3 is 2.12 bits per heavy atom. The molecule has 0 bridgehead atoms. The highest BCUT2D eigenvalue weighted by Crippen LogP contribution is 2.30. The van der Waals surface area contributed by atoms with Crippen LogP contribution in [0, 0.1) is 29.1 Å². The fourth-order valence-corrected chi connectivity index (χ4v) is 3.30. The first-order chi connectivity index (χ1) is 15.8. The Balaban J connectivity index is 1.80. The Labute approximate surface area is 184 Å². The molecule has 9 heteroatoms. The summed E-state index contributed by atoms with van der Waals surface area (Å²) in [7, 11) is 0. The molecule has 1 heterocycles. The highest BCUT2D eigenvalue weighted by molar-refractivity contribution is 6.13. The maximum atomic E-state index is 14.1. The minimum Gasteiger partial charge on any atom is -0.494 e. The molecule has 0 saturated carbocycles. The van der Waals surface area contributed by atoms with Crippen molar-refractivity contribution in [2.24, 2.45) is 0 Å². The van der Waals surface area contributed by atoms with Crippen LogP contribution in [0.4, 0.5) is 27.6 Å². The number of halogens is 5. The van der Waals surface area contributed by atoms with Crippen molar-refractivity contribution in [3.8, 4) is 17.0 Å². The van der Waals surface area contributed by atoms with E-state index in [1.54, 1.807) is 48.5 Å². The molecule has 0 aliphatic carbocycles. The zero-order chi connectivity index (χ0) is 23.7. The molecular formula is C24H15F5N2O2. The lowest BCUT2D eigenvalue weighted by Gasteiger charge is -2.13. The van der Waals surface area contributed by atoms with Gasteiger partial charge in [0, 0.05) is 10.9 Å². The lowest BCUT2D eigenvalue weighted by molar-refractivity contribution is 0.102. The Hall–Kier alpha value is -4.01. The molecule has 0 aliphatic heterocycles. The zero-order valence-corrected chi connectivity index (χ0v) is 17.1. The number of carbonyl (C=O) groups is 1. The fourth-order valence-electron chi connectivity index (χ4n) is 3.30. The summed E-state index contributed by atoms with van der Waals surface area (Å²) in [4.78, 5) is 17.4. The number of nitrogens with one attached hydrogen (secondary N) is 1. The van der Waals surface area contributed by atoms with Gasteiger partial charge in [-0.1, -0.05) is 18.2 Å². The molecule has 0 saturated heterocycles. The molecule has 4 nitrogen and oxygen atoms in total. The molecule has 33 heavy (non-hydrogen) atoms. The van der Waals surface area contributed by atoms with Crippen LogP contribution in [0.5, 0.6) is 5.75 Å². The van der Waals surface area contributed by atoms with Gasteiger partial charge in [0.1, 0.15) is 11.4 Å². The molecule has 0 spiro atoms. The number of hydrogen-bond acceptors (Lipinski definition) is 3. The summed E-state index contributed by atoms with van der Waals surface area (Å²) in [6.45, 7) is 2.32. The van der Waals surface area contributed by atoms with Crippen LogP contribution >= 0.6 is 0 Å². The second-order valence-corrected chi connectivity index (χ2v) is 6.93. The van der Waals surface area contributed by atoms with Crippen LogP contribution in [0.25, 0.3) is 22.2 Å². The highest BCUT2D eigenvalue weighted by atomic mass is 19.2. The number of anilines is 1. The summed E-state index contributed by atoms with van der Waals surface area (Å²) in [5, 5.41) is 2.14. The minimum atomic E-state index is -2.31. The number of para-hydroxylation sites is 1. The first-order valence-corrected chi connectivity index (χ1v) is 9.77. The topological polar surface area (TPSA) is 51.2 Å². The summed E-state index contributed by atoms with van der Waals surface area (Å²) in [5.41, 5.74) is -0.117. The fraction of sp³-hybridized carbons (Fsp3) is 0.0833. The molecule has 4 aromatic rings. The maximum absolute atomic E-state index is 14.1. The van der Waals surface area contributed by atoms with E-state index in [4.69, 9.17) is 4.74 Å². The molecule has 1 aromatic heterocycles. The van der Waals surface area contributed by atoms with Gasteiger partial charge >= 0.3 is 0 Å². The Bertz CT molecular complexity index is 1340. The average molecular weight is 458 g/mol. The first kappa shape index (κ1) is 22.2. The third-order valence-electron chi connectivity index (χ3n) is 4.87. The van der Waals surface area contributed by atoms with Gasteiger partial charge in [-0.3, -0.25) is 4.79 Å². The van der Waals surface area contributed by atoms with Crippen molar-refractivity contribution in [3.63, 3.8) is 0 Å². The van der Waals surface area contributed by atoms with Gasteiger partial charge in [-0.2, -0.15) is 0 Å². The van der Waals surface area contributed by atoms with Gasteiger partial charge in [0.15, 0.2) is 23.3 Å². The quantitative estimate of drug-likeness (QED) is 0.219. The average Bonchev–Trinajstić information content (AvgIpc) is 2.84.